The number of ether oxygens (including phenoxy) is 3. The van der Waals surface area contributed by atoms with Crippen LogP contribution in [0.15, 0.2) is 30.1 Å². The number of methoxy groups -OCH3 is 1. The van der Waals surface area contributed by atoms with Gasteiger partial charge < -0.3 is 28.4 Å². The molecule has 5 heterocycles. The molecule has 0 saturated carbocycles. The average Bonchev–Trinajstić information content (AvgIpc) is 3.49. The van der Waals surface area contributed by atoms with Crippen LogP contribution < -0.4 is 9.64 Å². The number of hydrogen-bond donors (Lipinski definition) is 0. The van der Waals surface area contributed by atoms with Crippen LogP contribution in [0.4, 0.5) is 19.3 Å². The van der Waals surface area contributed by atoms with E-state index >= 15 is 8.78 Å². The van der Waals surface area contributed by atoms with Gasteiger partial charge >= 0.3 is 6.09 Å². The van der Waals surface area contributed by atoms with Gasteiger partial charge in [-0.3, -0.25) is 0 Å². The number of anilines is 1. The van der Waals surface area contributed by atoms with E-state index in [1.807, 2.05) is 25.0 Å². The van der Waals surface area contributed by atoms with Crippen molar-refractivity contribution >= 4 is 23.4 Å². The van der Waals surface area contributed by atoms with Crippen LogP contribution in [0.5, 0.6) is 5.75 Å². The maximum absolute atomic E-state index is 16.1. The zero-order chi connectivity index (χ0) is 26.6. The van der Waals surface area contributed by atoms with Crippen LogP contribution in [0.2, 0.25) is 0 Å². The number of nitrogens with zero attached hydrogens (tertiary/aromatic N) is 4. The number of rotatable bonds is 3. The molecule has 0 aliphatic carbocycles. The minimum absolute atomic E-state index is 0.114. The van der Waals surface area contributed by atoms with Gasteiger partial charge in [0.15, 0.2) is 11.6 Å². The lowest BCUT2D eigenvalue weighted by Gasteiger charge is -2.34. The van der Waals surface area contributed by atoms with Gasteiger partial charge in [-0.25, -0.2) is 23.4 Å². The summed E-state index contributed by atoms with van der Waals surface area (Å²) >= 11 is 0. The number of fused-ring (bicyclic) bond motifs is 4. The van der Waals surface area contributed by atoms with E-state index in [1.54, 1.807) is 20.4 Å². The lowest BCUT2D eigenvalue weighted by atomic mass is 10.0. The lowest BCUT2D eigenvalue weighted by molar-refractivity contribution is -0.0241. The first kappa shape index (κ1) is 24.4. The van der Waals surface area contributed by atoms with E-state index in [9.17, 15) is 9.59 Å². The Kier molecular flexibility index (Phi) is 6.04. The summed E-state index contributed by atoms with van der Waals surface area (Å²) < 4.78 is 50.2. The van der Waals surface area contributed by atoms with Gasteiger partial charge in [-0.1, -0.05) is 0 Å². The molecule has 0 radical (unpaired) electrons. The number of allylic oxidation sites excluding steroid dienone is 1. The van der Waals surface area contributed by atoms with Gasteiger partial charge in [-0.05, 0) is 31.0 Å². The molecule has 198 valence electrons. The Hall–Kier alpha value is -3.95. The highest BCUT2D eigenvalue weighted by Crippen LogP contribution is 2.47. The van der Waals surface area contributed by atoms with Crippen LogP contribution in [-0.2, 0) is 20.7 Å². The van der Waals surface area contributed by atoms with Crippen molar-refractivity contribution in [3.05, 3.63) is 53.0 Å². The van der Waals surface area contributed by atoms with Gasteiger partial charge in [-0.15, -0.1) is 0 Å². The number of imidazole rings is 1. The Morgan fingerprint density at radius 2 is 2.16 bits per heavy atom. The van der Waals surface area contributed by atoms with Gasteiger partial charge in [-0.2, -0.15) is 0 Å². The van der Waals surface area contributed by atoms with E-state index in [1.165, 1.54) is 13.2 Å². The quantitative estimate of drug-likeness (QED) is 0.484. The first-order valence-electron chi connectivity index (χ1n) is 12.5. The Bertz CT molecular complexity index is 1500. The number of benzene rings is 1. The number of carbonyl (C=O) groups is 1. The number of morpholine rings is 1. The minimum atomic E-state index is -0.877. The number of pyridine rings is 1. The van der Waals surface area contributed by atoms with Gasteiger partial charge in [0.2, 0.25) is 0 Å². The fraction of sp³-hybridized carbons (Fsp3) is 0.407. The van der Waals surface area contributed by atoms with Crippen LogP contribution in [-0.4, -0.2) is 71.9 Å². The minimum Gasteiger partial charge on any atom is -0.486 e. The molecule has 3 aliphatic rings. The second kappa shape index (κ2) is 9.41. The molecule has 0 spiro atoms. The molecule has 38 heavy (non-hydrogen) atoms. The van der Waals surface area contributed by atoms with Crippen molar-refractivity contribution in [2.45, 2.75) is 38.3 Å². The second-order valence-corrected chi connectivity index (χ2v) is 9.77. The zero-order valence-corrected chi connectivity index (χ0v) is 21.0. The van der Waals surface area contributed by atoms with Crippen molar-refractivity contribution in [1.82, 2.24) is 14.3 Å². The van der Waals surface area contributed by atoms with E-state index in [2.05, 4.69) is 4.98 Å². The van der Waals surface area contributed by atoms with Gasteiger partial charge in [0.25, 0.3) is 0 Å². The van der Waals surface area contributed by atoms with E-state index in [4.69, 9.17) is 14.2 Å². The van der Waals surface area contributed by atoms with Crippen LogP contribution in [0.3, 0.4) is 0 Å². The van der Waals surface area contributed by atoms with Crippen molar-refractivity contribution in [2.75, 3.05) is 38.3 Å². The van der Waals surface area contributed by atoms with Crippen molar-refractivity contribution < 1.29 is 32.6 Å². The summed E-state index contributed by atoms with van der Waals surface area (Å²) in [4.78, 5) is 31.4. The number of amides is 1. The smallest absolute Gasteiger partial charge is 0.409 e. The molecule has 0 N–H and O–H groups in total. The van der Waals surface area contributed by atoms with Crippen LogP contribution >= 0.6 is 0 Å². The summed E-state index contributed by atoms with van der Waals surface area (Å²) in [5, 5.41) is 0. The summed E-state index contributed by atoms with van der Waals surface area (Å²) in [6, 6.07) is 4.75. The van der Waals surface area contributed by atoms with E-state index in [-0.39, 0.29) is 48.3 Å². The highest BCUT2D eigenvalue weighted by atomic mass is 19.1. The molecule has 2 fully saturated rings. The Morgan fingerprint density at radius 1 is 1.32 bits per heavy atom. The van der Waals surface area contributed by atoms with Crippen molar-refractivity contribution in [3.8, 4) is 17.0 Å². The SMILES string of the molecule is COC(=O)N1CCO[C@@H](Cc2c(-c3c(F)cc4c(c3F)OCC3CCC(=C=O)N43)nc3cc(C)ccn23)C1. The van der Waals surface area contributed by atoms with E-state index in [0.717, 1.165) is 5.56 Å². The predicted octanol–water partition coefficient (Wildman–Crippen LogP) is 3.67. The number of hydrogen-bond acceptors (Lipinski definition) is 7. The molecule has 1 amide bonds. The molecule has 2 saturated heterocycles. The zero-order valence-electron chi connectivity index (χ0n) is 21.0. The molecule has 9 nitrogen and oxygen atoms in total. The Balaban J connectivity index is 1.46. The lowest BCUT2D eigenvalue weighted by Crippen LogP contribution is -2.46. The third-order valence-electron chi connectivity index (χ3n) is 7.43. The van der Waals surface area contributed by atoms with E-state index in [0.29, 0.717) is 43.0 Å². The summed E-state index contributed by atoms with van der Waals surface area (Å²) in [7, 11) is 1.32. The molecule has 1 unspecified atom stereocenters. The number of halogens is 2. The van der Waals surface area contributed by atoms with Crippen LogP contribution in [0.1, 0.15) is 24.1 Å². The summed E-state index contributed by atoms with van der Waals surface area (Å²) in [6.07, 6.45) is 2.28. The topological polar surface area (TPSA) is 85.6 Å². The first-order chi connectivity index (χ1) is 18.4. The largest absolute Gasteiger partial charge is 0.486 e. The standard InChI is InChI=1S/C27H26F2N4O5/c1-15-5-6-32-20(10-18-12-31(7-8-37-18)27(35)36-2)25(30-22(32)9-15)23-19(28)11-21-26(24(23)29)38-14-17-4-3-16(13-34)33(17)21/h5-6,9,11,17-18H,3-4,7-8,10,12,14H2,1-2H3/t17?,18-/m0/s1. The van der Waals surface area contributed by atoms with Gasteiger partial charge in [0.05, 0.1) is 55.0 Å². The molecule has 0 bridgehead atoms. The monoisotopic (exact) mass is 524 g/mol. The molecule has 11 heteroatoms. The molecule has 1 aromatic carbocycles. The summed E-state index contributed by atoms with van der Waals surface area (Å²) in [5.41, 5.74) is 2.37. The normalized spacial score (nSPS) is 20.7. The molecule has 3 aromatic rings. The Labute approximate surface area is 217 Å². The van der Waals surface area contributed by atoms with Crippen LogP contribution in [0, 0.1) is 18.6 Å². The van der Waals surface area contributed by atoms with Crippen LogP contribution in [0.25, 0.3) is 16.9 Å². The van der Waals surface area contributed by atoms with Gasteiger partial charge in [0, 0.05) is 31.6 Å². The average molecular weight is 525 g/mol. The fourth-order valence-electron chi connectivity index (χ4n) is 5.62. The Morgan fingerprint density at radius 3 is 2.95 bits per heavy atom. The highest BCUT2D eigenvalue weighted by Gasteiger charge is 2.39. The number of aryl methyl sites for hydroxylation is 1. The molecule has 3 aliphatic heterocycles. The second-order valence-electron chi connectivity index (χ2n) is 9.77. The molecule has 6 rings (SSSR count). The maximum Gasteiger partial charge on any atom is 0.409 e. The van der Waals surface area contributed by atoms with E-state index < -0.39 is 23.8 Å². The first-order valence-corrected chi connectivity index (χ1v) is 12.5. The summed E-state index contributed by atoms with van der Waals surface area (Å²) in [6.45, 7) is 3.05. The number of aromatic nitrogens is 2. The number of carbonyl (C=O) groups excluding carboxylic acids is 2. The molecular weight excluding hydrogens is 498 g/mol. The summed E-state index contributed by atoms with van der Waals surface area (Å²) in [5.74, 6) is 0.102. The van der Waals surface area contributed by atoms with Gasteiger partial charge in [0.1, 0.15) is 29.7 Å². The van der Waals surface area contributed by atoms with Crippen molar-refractivity contribution in [1.29, 1.82) is 0 Å². The third-order valence-corrected chi connectivity index (χ3v) is 7.43. The van der Waals surface area contributed by atoms with Crippen molar-refractivity contribution in [3.63, 3.8) is 0 Å². The molecular formula is C27H26F2N4O5. The third kappa shape index (κ3) is 3.90. The van der Waals surface area contributed by atoms with Crippen molar-refractivity contribution in [2.24, 2.45) is 0 Å². The predicted molar refractivity (Wildman–Crippen MR) is 133 cm³/mol. The highest BCUT2D eigenvalue weighted by molar-refractivity contribution is 5.79. The molecule has 2 aromatic heterocycles. The maximum atomic E-state index is 16.1. The molecule has 2 atom stereocenters. The fourth-order valence-corrected chi connectivity index (χ4v) is 5.62.